The molecule has 0 atom stereocenters. The number of nitrogens with one attached hydrogen (secondary N) is 1. The number of halogens is 1. The number of hydrogen-bond acceptors (Lipinski definition) is 2. The van der Waals surface area contributed by atoms with Crippen LogP contribution in [0.2, 0.25) is 5.02 Å². The van der Waals surface area contributed by atoms with E-state index in [-0.39, 0.29) is 0 Å². The molecule has 0 amide bonds. The summed E-state index contributed by atoms with van der Waals surface area (Å²) in [6.45, 7) is 0. The van der Waals surface area contributed by atoms with E-state index in [4.69, 9.17) is 23.8 Å². The van der Waals surface area contributed by atoms with Crippen molar-refractivity contribution in [2.75, 3.05) is 0 Å². The standard InChI is InChI=1S/C9H8ClN3S/c1-13-9(14)11-8(12-13)6-3-2-4-7(10)5-6/h2-5H,1H3,(H,11,12,14). The van der Waals surface area contributed by atoms with Crippen LogP contribution >= 0.6 is 23.8 Å². The van der Waals surface area contributed by atoms with Gasteiger partial charge in [0.25, 0.3) is 0 Å². The number of aryl methyl sites for hydroxylation is 1. The fourth-order valence-electron chi connectivity index (χ4n) is 1.17. The van der Waals surface area contributed by atoms with E-state index in [2.05, 4.69) is 10.1 Å². The Morgan fingerprint density at radius 3 is 2.86 bits per heavy atom. The smallest absolute Gasteiger partial charge is 0.216 e. The summed E-state index contributed by atoms with van der Waals surface area (Å²) in [4.78, 5) is 4.19. The van der Waals surface area contributed by atoms with E-state index in [1.165, 1.54) is 0 Å². The Labute approximate surface area is 91.3 Å². The Bertz CT molecular complexity index is 515. The summed E-state index contributed by atoms with van der Waals surface area (Å²) in [6, 6.07) is 7.47. The Morgan fingerprint density at radius 1 is 1.50 bits per heavy atom. The molecule has 0 radical (unpaired) electrons. The van der Waals surface area contributed by atoms with Crippen molar-refractivity contribution in [3.8, 4) is 11.4 Å². The average molecular weight is 226 g/mol. The van der Waals surface area contributed by atoms with Crippen molar-refractivity contribution in [1.29, 1.82) is 0 Å². The SMILES string of the molecule is Cn1[nH]c(-c2cccc(Cl)c2)nc1=S. The number of hydrogen-bond donors (Lipinski definition) is 1. The van der Waals surface area contributed by atoms with Crippen molar-refractivity contribution in [3.63, 3.8) is 0 Å². The van der Waals surface area contributed by atoms with E-state index in [9.17, 15) is 0 Å². The first-order valence-corrected chi connectivity index (χ1v) is 4.84. The van der Waals surface area contributed by atoms with Gasteiger partial charge in [-0.25, -0.2) is 0 Å². The van der Waals surface area contributed by atoms with E-state index in [1.54, 1.807) is 4.68 Å². The molecule has 1 heterocycles. The fraction of sp³-hybridized carbons (Fsp3) is 0.111. The zero-order valence-electron chi connectivity index (χ0n) is 7.49. The molecular formula is C9H8ClN3S. The molecule has 1 aromatic heterocycles. The van der Waals surface area contributed by atoms with Crippen molar-refractivity contribution in [1.82, 2.24) is 14.8 Å². The number of H-pyrrole nitrogens is 1. The number of aromatic amines is 1. The van der Waals surface area contributed by atoms with E-state index >= 15 is 0 Å². The molecule has 1 aromatic carbocycles. The van der Waals surface area contributed by atoms with Crippen molar-refractivity contribution in [2.45, 2.75) is 0 Å². The summed E-state index contributed by atoms with van der Waals surface area (Å²) in [6.07, 6.45) is 0. The predicted molar refractivity (Wildman–Crippen MR) is 58.8 cm³/mol. The number of rotatable bonds is 1. The van der Waals surface area contributed by atoms with Crippen LogP contribution in [0.1, 0.15) is 0 Å². The van der Waals surface area contributed by atoms with Crippen LogP contribution in [-0.4, -0.2) is 14.8 Å². The molecule has 2 rings (SSSR count). The van der Waals surface area contributed by atoms with Gasteiger partial charge in [0.05, 0.1) is 0 Å². The van der Waals surface area contributed by atoms with Crippen LogP contribution < -0.4 is 0 Å². The first-order valence-electron chi connectivity index (χ1n) is 4.06. The molecule has 0 unspecified atom stereocenters. The molecule has 72 valence electrons. The molecule has 0 spiro atoms. The number of aromatic nitrogens is 3. The second-order valence-electron chi connectivity index (χ2n) is 2.92. The Morgan fingerprint density at radius 2 is 2.29 bits per heavy atom. The van der Waals surface area contributed by atoms with Gasteiger partial charge in [-0.2, -0.15) is 4.98 Å². The lowest BCUT2D eigenvalue weighted by molar-refractivity contribution is 0.756. The van der Waals surface area contributed by atoms with Gasteiger partial charge in [-0.05, 0) is 24.4 Å². The number of benzene rings is 1. The second-order valence-corrected chi connectivity index (χ2v) is 3.73. The Kier molecular flexibility index (Phi) is 2.39. The molecule has 14 heavy (non-hydrogen) atoms. The molecule has 0 aliphatic carbocycles. The van der Waals surface area contributed by atoms with Crippen molar-refractivity contribution in [3.05, 3.63) is 34.1 Å². The van der Waals surface area contributed by atoms with Gasteiger partial charge in [-0.1, -0.05) is 23.7 Å². The normalized spacial score (nSPS) is 10.4. The molecule has 0 fully saturated rings. The number of nitrogens with zero attached hydrogens (tertiary/aromatic N) is 2. The highest BCUT2D eigenvalue weighted by Crippen LogP contribution is 2.18. The lowest BCUT2D eigenvalue weighted by atomic mass is 10.2. The van der Waals surface area contributed by atoms with Crippen LogP contribution in [0, 0.1) is 4.77 Å². The quantitative estimate of drug-likeness (QED) is 0.758. The monoisotopic (exact) mass is 225 g/mol. The van der Waals surface area contributed by atoms with Gasteiger partial charge in [0, 0.05) is 17.6 Å². The topological polar surface area (TPSA) is 33.6 Å². The second kappa shape index (κ2) is 3.55. The first kappa shape index (κ1) is 9.43. The third-order valence-corrected chi connectivity index (χ3v) is 2.47. The summed E-state index contributed by atoms with van der Waals surface area (Å²) < 4.78 is 2.21. The van der Waals surface area contributed by atoms with E-state index in [0.717, 1.165) is 11.4 Å². The highest BCUT2D eigenvalue weighted by atomic mass is 35.5. The van der Waals surface area contributed by atoms with Crippen LogP contribution in [0.15, 0.2) is 24.3 Å². The maximum atomic E-state index is 5.87. The van der Waals surface area contributed by atoms with E-state index in [0.29, 0.717) is 9.79 Å². The van der Waals surface area contributed by atoms with Gasteiger partial charge in [0.1, 0.15) is 0 Å². The largest absolute Gasteiger partial charge is 0.279 e. The van der Waals surface area contributed by atoms with Gasteiger partial charge >= 0.3 is 0 Å². The molecule has 0 saturated carbocycles. The van der Waals surface area contributed by atoms with Crippen molar-refractivity contribution < 1.29 is 0 Å². The summed E-state index contributed by atoms with van der Waals surface area (Å²) in [5.41, 5.74) is 0.934. The third kappa shape index (κ3) is 1.71. The van der Waals surface area contributed by atoms with Crippen LogP contribution in [0.3, 0.4) is 0 Å². The lowest BCUT2D eigenvalue weighted by Gasteiger charge is -1.96. The van der Waals surface area contributed by atoms with Crippen LogP contribution in [0.5, 0.6) is 0 Å². The molecule has 0 bridgehead atoms. The molecule has 1 N–H and O–H groups in total. The lowest BCUT2D eigenvalue weighted by Crippen LogP contribution is -1.89. The molecule has 3 nitrogen and oxygen atoms in total. The third-order valence-electron chi connectivity index (χ3n) is 1.87. The van der Waals surface area contributed by atoms with Crippen LogP contribution in [0.4, 0.5) is 0 Å². The maximum absolute atomic E-state index is 5.87. The van der Waals surface area contributed by atoms with Gasteiger partial charge in [0.2, 0.25) is 4.77 Å². The highest BCUT2D eigenvalue weighted by molar-refractivity contribution is 7.71. The molecular weight excluding hydrogens is 218 g/mol. The minimum atomic E-state index is 0.528. The van der Waals surface area contributed by atoms with E-state index in [1.807, 2.05) is 31.3 Å². The summed E-state index contributed by atoms with van der Waals surface area (Å²) >= 11 is 10.9. The maximum Gasteiger partial charge on any atom is 0.216 e. The zero-order valence-corrected chi connectivity index (χ0v) is 9.06. The minimum Gasteiger partial charge on any atom is -0.279 e. The summed E-state index contributed by atoms with van der Waals surface area (Å²) in [5.74, 6) is 0.736. The molecule has 0 aliphatic rings. The van der Waals surface area contributed by atoms with Gasteiger partial charge in [0.15, 0.2) is 5.82 Å². The van der Waals surface area contributed by atoms with Gasteiger partial charge in [-0.3, -0.25) is 9.78 Å². The molecule has 0 saturated heterocycles. The van der Waals surface area contributed by atoms with Crippen molar-refractivity contribution in [2.24, 2.45) is 7.05 Å². The summed E-state index contributed by atoms with van der Waals surface area (Å²) in [5, 5.41) is 3.72. The van der Waals surface area contributed by atoms with Gasteiger partial charge < -0.3 is 0 Å². The first-order chi connectivity index (χ1) is 6.66. The predicted octanol–water partition coefficient (Wildman–Crippen LogP) is 2.80. The highest BCUT2D eigenvalue weighted by Gasteiger charge is 2.02. The van der Waals surface area contributed by atoms with Crippen LogP contribution in [0.25, 0.3) is 11.4 Å². The van der Waals surface area contributed by atoms with Crippen LogP contribution in [-0.2, 0) is 7.05 Å². The summed E-state index contributed by atoms with van der Waals surface area (Å²) in [7, 11) is 1.82. The fourth-order valence-corrected chi connectivity index (χ4v) is 1.49. The molecule has 2 aromatic rings. The zero-order chi connectivity index (χ0) is 10.1. The van der Waals surface area contributed by atoms with E-state index < -0.39 is 0 Å². The molecule has 0 aliphatic heterocycles. The minimum absolute atomic E-state index is 0.528. The Hall–Kier alpha value is -1.13. The average Bonchev–Trinajstić information content (AvgIpc) is 2.47. The van der Waals surface area contributed by atoms with Gasteiger partial charge in [-0.15, -0.1) is 0 Å². The van der Waals surface area contributed by atoms with Crippen molar-refractivity contribution >= 4 is 23.8 Å². The Balaban J connectivity index is 2.54. The molecule has 5 heteroatoms.